The fraction of sp³-hybridized carbons (Fsp3) is 0. The first-order valence-electron chi connectivity index (χ1n) is 0. The van der Waals surface area contributed by atoms with E-state index in [2.05, 4.69) is 0 Å². The Kier molecular flexibility index (Phi) is 2230. The standard InChI is InChI=1S/3Co.4H3N.3Ti.W/h;;;4*1H3;;;;. The van der Waals surface area contributed by atoms with Gasteiger partial charge in [-0.15, -0.1) is 0 Å². The van der Waals surface area contributed by atoms with Crippen LogP contribution in [0.1, 0.15) is 0 Å². The summed E-state index contributed by atoms with van der Waals surface area (Å²) in [5, 5.41) is 0. The molecule has 11 heteroatoms. The largest absolute Gasteiger partial charge is 0.344 e. The SMILES string of the molecule is N.N.N.N.[Co].[Co].[Co].[Ti].[Ti].[Ti].[W]. The fourth-order valence-electron chi connectivity index (χ4n) is 0. The molecule has 0 rings (SSSR count). The number of rotatable bonds is 0. The van der Waals surface area contributed by atoms with Gasteiger partial charge in [0.1, 0.15) is 0 Å². The fourth-order valence-corrected chi connectivity index (χ4v) is 0. The molecule has 0 amide bonds. The Bertz CT molecular complexity index is 20.5. The summed E-state index contributed by atoms with van der Waals surface area (Å²) in [6.07, 6.45) is 0. The van der Waals surface area contributed by atoms with Crippen molar-refractivity contribution in [3.63, 3.8) is 0 Å². The minimum atomic E-state index is 0. The van der Waals surface area contributed by atoms with Crippen LogP contribution in [-0.4, -0.2) is 0 Å². The second kappa shape index (κ2) is 141. The van der Waals surface area contributed by atoms with Crippen molar-refractivity contribution in [2.24, 2.45) is 0 Å². The zero-order valence-electron chi connectivity index (χ0n) is 5.74. The van der Waals surface area contributed by atoms with Gasteiger partial charge in [-0.25, -0.2) is 0 Å². The van der Waals surface area contributed by atoms with E-state index in [9.17, 15) is 0 Å². The van der Waals surface area contributed by atoms with Gasteiger partial charge in [0.05, 0.1) is 0 Å². The number of hydrogen-bond acceptors (Lipinski definition) is 4. The van der Waals surface area contributed by atoms with E-state index in [1.165, 1.54) is 0 Å². The Balaban J connectivity index is 0. The van der Waals surface area contributed by atoms with Gasteiger partial charge in [-0.2, -0.15) is 0 Å². The first-order valence-corrected chi connectivity index (χ1v) is 0. The van der Waals surface area contributed by atoms with Gasteiger partial charge in [0.15, 0.2) is 0 Å². The maximum absolute atomic E-state index is 0. The van der Waals surface area contributed by atoms with E-state index in [0.717, 1.165) is 0 Å². The van der Waals surface area contributed by atoms with Crippen LogP contribution in [0.4, 0.5) is 0 Å². The summed E-state index contributed by atoms with van der Waals surface area (Å²) >= 11 is 0. The summed E-state index contributed by atoms with van der Waals surface area (Å²) < 4.78 is 0. The molecule has 0 aliphatic heterocycles. The molecule has 0 aromatic heterocycles. The smallest absolute Gasteiger partial charge is 0 e. The molecule has 0 bridgehead atoms. The Hall–Kier alpha value is 4.19. The van der Waals surface area contributed by atoms with Gasteiger partial charge in [-0.1, -0.05) is 0 Å². The maximum Gasteiger partial charge on any atom is 0 e. The van der Waals surface area contributed by atoms with Crippen LogP contribution in [0, 0.1) is 0 Å². The van der Waals surface area contributed by atoms with E-state index >= 15 is 0 Å². The molecule has 3 radical (unpaired) electrons. The van der Waals surface area contributed by atoms with E-state index < -0.39 is 0 Å². The molecule has 77 valence electrons. The normalized spacial score (nSPS) is 0. The molecule has 0 fully saturated rings. The van der Waals surface area contributed by atoms with Gasteiger partial charge in [-0.3, -0.25) is 0 Å². The van der Waals surface area contributed by atoms with Crippen LogP contribution in [0.5, 0.6) is 0 Å². The van der Waals surface area contributed by atoms with Crippen molar-refractivity contribution < 1.29 is 137 Å². The predicted octanol–water partition coefficient (Wildman–Crippen LogP) is 0.630. The molecular formula is H12Co3N4Ti3W. The van der Waals surface area contributed by atoms with Gasteiger partial charge in [0.2, 0.25) is 0 Å². The van der Waals surface area contributed by atoms with Gasteiger partial charge >= 0.3 is 0 Å². The van der Waals surface area contributed by atoms with Crippen LogP contribution in [0.25, 0.3) is 0 Å². The molecule has 0 unspecified atom stereocenters. The molecule has 0 heterocycles. The van der Waals surface area contributed by atoms with E-state index in [1.807, 2.05) is 0 Å². The Morgan fingerprint density at radius 3 is 0.364 bits per heavy atom. The topological polar surface area (TPSA) is 140 Å². The summed E-state index contributed by atoms with van der Waals surface area (Å²) in [5.41, 5.74) is 0. The van der Waals surface area contributed by atoms with E-state index in [-0.39, 0.29) is 161 Å². The first kappa shape index (κ1) is 174. The summed E-state index contributed by atoms with van der Waals surface area (Å²) in [5.74, 6) is 0. The Morgan fingerprint density at radius 1 is 0.364 bits per heavy atom. The molecule has 12 N–H and O–H groups in total. The van der Waals surface area contributed by atoms with Crippen LogP contribution in [0.2, 0.25) is 0 Å². The van der Waals surface area contributed by atoms with Crippen molar-refractivity contribution in [3.8, 4) is 0 Å². The average molecular weight is 572 g/mol. The third-order valence-corrected chi connectivity index (χ3v) is 0. The molecule has 0 aromatic carbocycles. The van der Waals surface area contributed by atoms with Crippen molar-refractivity contribution in [1.82, 2.24) is 24.6 Å². The average Bonchev–Trinajstić information content (AvgIpc) is 0. The van der Waals surface area contributed by atoms with Gasteiger partial charge in [0, 0.05) is 137 Å². The molecule has 0 atom stereocenters. The third kappa shape index (κ3) is 120. The maximum atomic E-state index is 0. The molecule has 0 saturated carbocycles. The van der Waals surface area contributed by atoms with E-state index in [0.29, 0.717) is 0 Å². The van der Waals surface area contributed by atoms with Crippen molar-refractivity contribution >= 4 is 0 Å². The number of hydrogen-bond donors (Lipinski definition) is 4. The van der Waals surface area contributed by atoms with Crippen molar-refractivity contribution in [3.05, 3.63) is 0 Å². The van der Waals surface area contributed by atoms with Crippen LogP contribution in [0.3, 0.4) is 0 Å². The van der Waals surface area contributed by atoms with Gasteiger partial charge in [0.25, 0.3) is 0 Å². The van der Waals surface area contributed by atoms with Crippen molar-refractivity contribution in [2.45, 2.75) is 0 Å². The Labute approximate surface area is 158 Å². The van der Waals surface area contributed by atoms with E-state index in [1.54, 1.807) is 0 Å². The molecule has 0 spiro atoms. The predicted molar refractivity (Wildman–Crippen MR) is 20.1 cm³/mol. The summed E-state index contributed by atoms with van der Waals surface area (Å²) in [7, 11) is 0. The molecule has 4 nitrogen and oxygen atoms in total. The zero-order chi connectivity index (χ0) is 0. The third-order valence-electron chi connectivity index (χ3n) is 0. The van der Waals surface area contributed by atoms with E-state index in [4.69, 9.17) is 0 Å². The Morgan fingerprint density at radius 2 is 0.364 bits per heavy atom. The zero-order valence-corrected chi connectivity index (χ0v) is 16.5. The summed E-state index contributed by atoms with van der Waals surface area (Å²) in [6.45, 7) is 0. The van der Waals surface area contributed by atoms with Crippen LogP contribution >= 0.6 is 0 Å². The summed E-state index contributed by atoms with van der Waals surface area (Å²) in [4.78, 5) is 0. The minimum absolute atomic E-state index is 0. The monoisotopic (exact) mass is 573 g/mol. The summed E-state index contributed by atoms with van der Waals surface area (Å²) in [6, 6.07) is 0. The second-order valence-corrected chi connectivity index (χ2v) is 0. The van der Waals surface area contributed by atoms with Crippen LogP contribution in [0.15, 0.2) is 0 Å². The molecule has 0 aromatic rings. The molecule has 11 heavy (non-hydrogen) atoms. The van der Waals surface area contributed by atoms with Gasteiger partial charge < -0.3 is 24.6 Å². The van der Waals surface area contributed by atoms with Crippen LogP contribution in [-0.2, 0) is 137 Å². The molecular weight excluding hydrogens is 560 g/mol. The minimum Gasteiger partial charge on any atom is -0.344 e. The molecule has 0 saturated heterocycles. The molecule has 0 aliphatic carbocycles. The van der Waals surface area contributed by atoms with Crippen LogP contribution < -0.4 is 24.6 Å². The second-order valence-electron chi connectivity index (χ2n) is 0. The van der Waals surface area contributed by atoms with Gasteiger partial charge in [-0.05, 0) is 0 Å². The quantitative estimate of drug-likeness (QED) is 0.316. The van der Waals surface area contributed by atoms with Crippen molar-refractivity contribution in [1.29, 1.82) is 0 Å². The first-order chi connectivity index (χ1) is 0. The van der Waals surface area contributed by atoms with Crippen molar-refractivity contribution in [2.75, 3.05) is 0 Å². The molecule has 0 aliphatic rings.